The molecule has 1 aromatic rings. The summed E-state index contributed by atoms with van der Waals surface area (Å²) in [5.74, 6) is 1.80. The van der Waals surface area contributed by atoms with Crippen LogP contribution in [0.15, 0.2) is 29.3 Å². The van der Waals surface area contributed by atoms with E-state index < -0.39 is 0 Å². The third kappa shape index (κ3) is 6.61. The number of nitrogens with zero attached hydrogens (tertiary/aromatic N) is 1. The molecule has 1 aliphatic rings. The van der Waals surface area contributed by atoms with Crippen LogP contribution < -0.4 is 15.4 Å². The van der Waals surface area contributed by atoms with Crippen molar-refractivity contribution in [3.05, 3.63) is 29.8 Å². The molecule has 6 heteroatoms. The molecular formula is C20H34IN3O2. The molecule has 5 nitrogen and oxygen atoms in total. The van der Waals surface area contributed by atoms with Gasteiger partial charge in [-0.05, 0) is 43.9 Å². The summed E-state index contributed by atoms with van der Waals surface area (Å²) in [4.78, 5) is 4.91. The quantitative estimate of drug-likeness (QED) is 0.261. The van der Waals surface area contributed by atoms with E-state index in [0.29, 0.717) is 0 Å². The van der Waals surface area contributed by atoms with Crippen molar-refractivity contribution in [2.75, 3.05) is 40.0 Å². The smallest absolute Gasteiger partial charge is 0.191 e. The van der Waals surface area contributed by atoms with Gasteiger partial charge in [0.15, 0.2) is 5.96 Å². The van der Waals surface area contributed by atoms with E-state index in [1.165, 1.54) is 12.0 Å². The Kier molecular flexibility index (Phi) is 11.0. The number of ether oxygens (including phenoxy) is 2. The molecule has 0 radical (unpaired) electrons. The predicted molar refractivity (Wildman–Crippen MR) is 119 cm³/mol. The number of aliphatic imine (C=N–C) groups is 1. The van der Waals surface area contributed by atoms with Gasteiger partial charge in [0.25, 0.3) is 0 Å². The molecule has 0 amide bonds. The van der Waals surface area contributed by atoms with Crippen molar-refractivity contribution >= 4 is 29.9 Å². The van der Waals surface area contributed by atoms with E-state index >= 15 is 0 Å². The number of halogens is 1. The fraction of sp³-hybridized carbons (Fsp3) is 0.650. The maximum atomic E-state index is 5.62. The van der Waals surface area contributed by atoms with Gasteiger partial charge in [-0.1, -0.05) is 25.5 Å². The zero-order chi connectivity index (χ0) is 18.0. The SMILES string of the molecule is CCCCNC(=NCC1(c2ccc(OC)cc2)CCOCC1)NCC.I. The van der Waals surface area contributed by atoms with E-state index in [1.54, 1.807) is 7.11 Å². The van der Waals surface area contributed by atoms with Crippen LogP contribution in [-0.2, 0) is 10.2 Å². The first-order valence-corrected chi connectivity index (χ1v) is 9.48. The minimum absolute atomic E-state index is 0. The van der Waals surface area contributed by atoms with Gasteiger partial charge < -0.3 is 20.1 Å². The van der Waals surface area contributed by atoms with Crippen LogP contribution >= 0.6 is 24.0 Å². The number of nitrogens with one attached hydrogen (secondary N) is 2. The first-order valence-electron chi connectivity index (χ1n) is 9.48. The molecule has 0 spiro atoms. The minimum Gasteiger partial charge on any atom is -0.497 e. The molecule has 1 aliphatic heterocycles. The van der Waals surface area contributed by atoms with Crippen LogP contribution in [0.25, 0.3) is 0 Å². The highest BCUT2D eigenvalue weighted by Crippen LogP contribution is 2.36. The lowest BCUT2D eigenvalue weighted by molar-refractivity contribution is 0.0531. The lowest BCUT2D eigenvalue weighted by Crippen LogP contribution is -2.41. The zero-order valence-corrected chi connectivity index (χ0v) is 18.7. The molecule has 148 valence electrons. The summed E-state index contributed by atoms with van der Waals surface area (Å²) in [6, 6.07) is 8.44. The topological polar surface area (TPSA) is 54.9 Å². The van der Waals surface area contributed by atoms with Gasteiger partial charge in [-0.2, -0.15) is 0 Å². The largest absolute Gasteiger partial charge is 0.497 e. The highest BCUT2D eigenvalue weighted by Gasteiger charge is 2.34. The lowest BCUT2D eigenvalue weighted by atomic mass is 9.74. The summed E-state index contributed by atoms with van der Waals surface area (Å²) >= 11 is 0. The van der Waals surface area contributed by atoms with Crippen molar-refractivity contribution in [1.29, 1.82) is 0 Å². The standard InChI is InChI=1S/C20H33N3O2.HI/c1-4-6-13-22-19(21-5-2)23-16-20(11-14-25-15-12-20)17-7-9-18(24-3)10-8-17;/h7-10H,4-6,11-16H2,1-3H3,(H2,21,22,23);1H. The van der Waals surface area contributed by atoms with Gasteiger partial charge in [-0.25, -0.2) is 0 Å². The molecule has 0 bridgehead atoms. The van der Waals surface area contributed by atoms with Crippen molar-refractivity contribution in [2.45, 2.75) is 44.9 Å². The van der Waals surface area contributed by atoms with Gasteiger partial charge in [0.2, 0.25) is 0 Å². The molecule has 0 atom stereocenters. The highest BCUT2D eigenvalue weighted by molar-refractivity contribution is 14.0. The maximum Gasteiger partial charge on any atom is 0.191 e. The Hall–Kier alpha value is -1.02. The van der Waals surface area contributed by atoms with Gasteiger partial charge in [-0.15, -0.1) is 24.0 Å². The first-order chi connectivity index (χ1) is 12.2. The fourth-order valence-corrected chi connectivity index (χ4v) is 3.20. The number of hydrogen-bond donors (Lipinski definition) is 2. The average Bonchev–Trinajstić information content (AvgIpc) is 2.67. The Morgan fingerprint density at radius 3 is 2.42 bits per heavy atom. The average molecular weight is 475 g/mol. The summed E-state index contributed by atoms with van der Waals surface area (Å²) in [5.41, 5.74) is 1.36. The highest BCUT2D eigenvalue weighted by atomic mass is 127. The molecule has 1 fully saturated rings. The van der Waals surface area contributed by atoms with E-state index in [4.69, 9.17) is 14.5 Å². The first kappa shape index (κ1) is 23.0. The maximum absolute atomic E-state index is 5.62. The minimum atomic E-state index is 0. The fourth-order valence-electron chi connectivity index (χ4n) is 3.20. The number of hydrogen-bond acceptors (Lipinski definition) is 3. The van der Waals surface area contributed by atoms with Gasteiger partial charge >= 0.3 is 0 Å². The third-order valence-corrected chi connectivity index (χ3v) is 4.86. The second-order valence-corrected chi connectivity index (χ2v) is 6.60. The van der Waals surface area contributed by atoms with Crippen molar-refractivity contribution in [1.82, 2.24) is 10.6 Å². The lowest BCUT2D eigenvalue weighted by Gasteiger charge is -2.36. The van der Waals surface area contributed by atoms with E-state index in [1.807, 2.05) is 12.1 Å². The van der Waals surface area contributed by atoms with Crippen molar-refractivity contribution < 1.29 is 9.47 Å². The van der Waals surface area contributed by atoms with Crippen LogP contribution in [0.1, 0.15) is 45.1 Å². The van der Waals surface area contributed by atoms with Gasteiger partial charge in [0.05, 0.1) is 13.7 Å². The Balaban J connectivity index is 0.00000338. The van der Waals surface area contributed by atoms with Crippen LogP contribution in [0.3, 0.4) is 0 Å². The molecule has 2 rings (SSSR count). The number of unbranched alkanes of at least 4 members (excludes halogenated alkanes) is 1. The van der Waals surface area contributed by atoms with Crippen LogP contribution in [0.4, 0.5) is 0 Å². The molecule has 1 heterocycles. The summed E-state index contributed by atoms with van der Waals surface area (Å²) < 4.78 is 10.9. The van der Waals surface area contributed by atoms with E-state index in [-0.39, 0.29) is 29.4 Å². The molecule has 0 saturated carbocycles. The molecule has 0 aromatic heterocycles. The third-order valence-electron chi connectivity index (χ3n) is 4.86. The van der Waals surface area contributed by atoms with Crippen LogP contribution in [-0.4, -0.2) is 45.9 Å². The Morgan fingerprint density at radius 2 is 1.85 bits per heavy atom. The molecule has 0 unspecified atom stereocenters. The van der Waals surface area contributed by atoms with E-state index in [9.17, 15) is 0 Å². The van der Waals surface area contributed by atoms with E-state index in [2.05, 4.69) is 36.6 Å². The second kappa shape index (κ2) is 12.4. The van der Waals surface area contributed by atoms with Crippen LogP contribution in [0.5, 0.6) is 5.75 Å². The predicted octanol–water partition coefficient (Wildman–Crippen LogP) is 3.72. The van der Waals surface area contributed by atoms with Gasteiger partial charge in [-0.3, -0.25) is 4.99 Å². The monoisotopic (exact) mass is 475 g/mol. The van der Waals surface area contributed by atoms with E-state index in [0.717, 1.165) is 63.8 Å². The van der Waals surface area contributed by atoms with Crippen LogP contribution in [0.2, 0.25) is 0 Å². The second-order valence-electron chi connectivity index (χ2n) is 6.60. The summed E-state index contributed by atoms with van der Waals surface area (Å²) in [7, 11) is 1.70. The molecule has 1 aromatic carbocycles. The molecule has 0 aliphatic carbocycles. The molecular weight excluding hydrogens is 441 g/mol. The summed E-state index contributed by atoms with van der Waals surface area (Å²) in [6.07, 6.45) is 4.33. The Bertz CT molecular complexity index is 528. The van der Waals surface area contributed by atoms with Gasteiger partial charge in [0, 0.05) is 31.7 Å². The summed E-state index contributed by atoms with van der Waals surface area (Å²) in [6.45, 7) is 8.49. The molecule has 2 N–H and O–H groups in total. The van der Waals surface area contributed by atoms with Gasteiger partial charge in [0.1, 0.15) is 5.75 Å². The number of methoxy groups -OCH3 is 1. The molecule has 26 heavy (non-hydrogen) atoms. The Morgan fingerprint density at radius 1 is 1.15 bits per heavy atom. The summed E-state index contributed by atoms with van der Waals surface area (Å²) in [5, 5.41) is 6.79. The normalized spacial score (nSPS) is 16.5. The number of rotatable bonds is 8. The van der Waals surface area contributed by atoms with Crippen molar-refractivity contribution in [3.63, 3.8) is 0 Å². The van der Waals surface area contributed by atoms with Crippen molar-refractivity contribution in [2.24, 2.45) is 4.99 Å². The van der Waals surface area contributed by atoms with Crippen LogP contribution in [0, 0.1) is 0 Å². The number of guanidine groups is 1. The molecule has 1 saturated heterocycles. The Labute approximate surface area is 175 Å². The zero-order valence-electron chi connectivity index (χ0n) is 16.3. The van der Waals surface area contributed by atoms with Crippen molar-refractivity contribution in [3.8, 4) is 5.75 Å². The number of benzene rings is 1.